The lowest BCUT2D eigenvalue weighted by atomic mass is 10.1. The number of nitrogens with zero attached hydrogens (tertiary/aromatic N) is 3. The Morgan fingerprint density at radius 1 is 0.962 bits per heavy atom. The van der Waals surface area contributed by atoms with E-state index in [1.807, 2.05) is 24.3 Å². The number of nitrogens with one attached hydrogen (secondary N) is 1. The van der Waals surface area contributed by atoms with Gasteiger partial charge in [0.1, 0.15) is 12.7 Å². The molecule has 0 amide bonds. The summed E-state index contributed by atoms with van der Waals surface area (Å²) in [5, 5.41) is 7.26. The van der Waals surface area contributed by atoms with Gasteiger partial charge >= 0.3 is 6.18 Å². The van der Waals surface area contributed by atoms with E-state index in [9.17, 15) is 13.2 Å². The molecule has 26 heavy (non-hydrogen) atoms. The summed E-state index contributed by atoms with van der Waals surface area (Å²) in [4.78, 5) is 3.89. The molecule has 1 heterocycles. The Kier molecular flexibility index (Phi) is 5.58. The lowest BCUT2D eigenvalue weighted by Gasteiger charge is -2.11. The number of rotatable bonds is 6. The third kappa shape index (κ3) is 5.06. The fourth-order valence-electron chi connectivity index (χ4n) is 2.53. The molecule has 0 aliphatic heterocycles. The minimum absolute atomic E-state index is 0.0779. The fourth-order valence-corrected chi connectivity index (χ4v) is 2.79. The van der Waals surface area contributed by atoms with Crippen LogP contribution < -0.4 is 5.32 Å². The molecule has 1 aromatic heterocycles. The maximum atomic E-state index is 12.8. The average molecular weight is 381 g/mol. The molecule has 0 atom stereocenters. The van der Waals surface area contributed by atoms with Gasteiger partial charge in [-0.05, 0) is 34.9 Å². The van der Waals surface area contributed by atoms with Crippen molar-refractivity contribution < 1.29 is 13.2 Å². The molecule has 0 bridgehead atoms. The van der Waals surface area contributed by atoms with E-state index >= 15 is 0 Å². The van der Waals surface area contributed by atoms with E-state index in [1.54, 1.807) is 11.0 Å². The molecule has 2 aromatic carbocycles. The molecular formula is C18H16ClF3N4. The molecule has 0 radical (unpaired) electrons. The summed E-state index contributed by atoms with van der Waals surface area (Å²) in [5.41, 5.74) is 1.88. The molecule has 0 saturated heterocycles. The van der Waals surface area contributed by atoms with Crippen molar-refractivity contribution in [1.29, 1.82) is 0 Å². The van der Waals surface area contributed by atoms with Crippen molar-refractivity contribution in [1.82, 2.24) is 20.1 Å². The average Bonchev–Trinajstić information content (AvgIpc) is 3.08. The summed E-state index contributed by atoms with van der Waals surface area (Å²) in [6, 6.07) is 11.5. The molecule has 0 saturated carbocycles. The Bertz CT molecular complexity index is 846. The van der Waals surface area contributed by atoms with Gasteiger partial charge < -0.3 is 5.32 Å². The monoisotopic (exact) mass is 380 g/mol. The van der Waals surface area contributed by atoms with Gasteiger partial charge in [-0.15, -0.1) is 0 Å². The van der Waals surface area contributed by atoms with Gasteiger partial charge in [0.25, 0.3) is 0 Å². The topological polar surface area (TPSA) is 42.7 Å². The van der Waals surface area contributed by atoms with Crippen LogP contribution in [0.5, 0.6) is 0 Å². The van der Waals surface area contributed by atoms with Gasteiger partial charge in [0.15, 0.2) is 0 Å². The first-order chi connectivity index (χ1) is 12.4. The molecule has 0 aliphatic carbocycles. The Morgan fingerprint density at radius 2 is 1.65 bits per heavy atom. The number of alkyl halides is 3. The van der Waals surface area contributed by atoms with Gasteiger partial charge in [-0.2, -0.15) is 18.3 Å². The Morgan fingerprint density at radius 3 is 2.31 bits per heavy atom. The molecule has 3 aromatic rings. The van der Waals surface area contributed by atoms with Crippen molar-refractivity contribution >= 4 is 11.6 Å². The summed E-state index contributed by atoms with van der Waals surface area (Å²) in [6.45, 7) is 1.47. The fraction of sp³-hybridized carbons (Fsp3) is 0.222. The molecule has 1 N–H and O–H groups in total. The summed E-state index contributed by atoms with van der Waals surface area (Å²) in [5.74, 6) is 0. The summed E-state index contributed by atoms with van der Waals surface area (Å²) in [7, 11) is 0. The van der Waals surface area contributed by atoms with E-state index in [0.29, 0.717) is 25.2 Å². The summed E-state index contributed by atoms with van der Waals surface area (Å²) < 4.78 is 40.2. The predicted molar refractivity (Wildman–Crippen MR) is 92.6 cm³/mol. The maximum Gasteiger partial charge on any atom is 0.416 e. The van der Waals surface area contributed by atoms with Gasteiger partial charge in [-0.3, -0.25) is 0 Å². The van der Waals surface area contributed by atoms with Gasteiger partial charge in [-0.1, -0.05) is 35.9 Å². The van der Waals surface area contributed by atoms with Crippen LogP contribution in [0, 0.1) is 0 Å². The van der Waals surface area contributed by atoms with E-state index in [-0.39, 0.29) is 5.02 Å². The number of hydrogen-bond acceptors (Lipinski definition) is 3. The molecular weight excluding hydrogens is 365 g/mol. The van der Waals surface area contributed by atoms with Crippen molar-refractivity contribution in [2.45, 2.75) is 25.8 Å². The molecule has 136 valence electrons. The second kappa shape index (κ2) is 7.88. The third-order valence-corrected chi connectivity index (χ3v) is 4.00. The lowest BCUT2D eigenvalue weighted by Crippen LogP contribution is -2.14. The van der Waals surface area contributed by atoms with Crippen LogP contribution in [-0.4, -0.2) is 14.8 Å². The van der Waals surface area contributed by atoms with E-state index in [4.69, 9.17) is 11.6 Å². The van der Waals surface area contributed by atoms with Crippen LogP contribution in [0.1, 0.15) is 22.3 Å². The normalized spacial score (nSPS) is 11.7. The van der Waals surface area contributed by atoms with Crippen LogP contribution in [-0.2, 0) is 25.8 Å². The zero-order valence-corrected chi connectivity index (χ0v) is 14.4. The van der Waals surface area contributed by atoms with Crippen LogP contribution >= 0.6 is 11.6 Å². The van der Waals surface area contributed by atoms with E-state index < -0.39 is 11.7 Å². The van der Waals surface area contributed by atoms with Gasteiger partial charge in [-0.25, -0.2) is 9.67 Å². The highest BCUT2D eigenvalue weighted by Crippen LogP contribution is 2.31. The number of benzene rings is 2. The second-order valence-electron chi connectivity index (χ2n) is 5.86. The lowest BCUT2D eigenvalue weighted by molar-refractivity contribution is -0.137. The van der Waals surface area contributed by atoms with Crippen molar-refractivity contribution in [3.63, 3.8) is 0 Å². The Balaban J connectivity index is 1.56. The zero-order chi connectivity index (χ0) is 18.6. The SMILES string of the molecule is FC(F)(F)c1cc(Cl)cc(CNCc2ccc(Cn3cncn3)cc2)c1. The van der Waals surface area contributed by atoms with E-state index in [1.165, 1.54) is 12.4 Å². The minimum Gasteiger partial charge on any atom is -0.309 e. The number of aromatic nitrogens is 3. The Hall–Kier alpha value is -2.38. The number of hydrogen-bond donors (Lipinski definition) is 1. The van der Waals surface area contributed by atoms with Crippen LogP contribution in [0.2, 0.25) is 5.02 Å². The molecule has 0 unspecified atom stereocenters. The molecule has 4 nitrogen and oxygen atoms in total. The first-order valence-corrected chi connectivity index (χ1v) is 8.25. The van der Waals surface area contributed by atoms with Gasteiger partial charge in [0, 0.05) is 18.1 Å². The van der Waals surface area contributed by atoms with Crippen LogP contribution in [0.3, 0.4) is 0 Å². The maximum absolute atomic E-state index is 12.8. The van der Waals surface area contributed by atoms with Crippen molar-refractivity contribution in [3.05, 3.63) is 82.4 Å². The highest BCUT2D eigenvalue weighted by Gasteiger charge is 2.31. The third-order valence-electron chi connectivity index (χ3n) is 3.78. The Labute approximate surface area is 153 Å². The molecule has 8 heteroatoms. The predicted octanol–water partition coefficient (Wildman–Crippen LogP) is 4.29. The van der Waals surface area contributed by atoms with Crippen molar-refractivity contribution in [3.8, 4) is 0 Å². The smallest absolute Gasteiger partial charge is 0.309 e. The molecule has 3 rings (SSSR count). The van der Waals surface area contributed by atoms with Gasteiger partial charge in [0.05, 0.1) is 12.1 Å². The van der Waals surface area contributed by atoms with Crippen molar-refractivity contribution in [2.75, 3.05) is 0 Å². The summed E-state index contributed by atoms with van der Waals surface area (Å²) in [6.07, 6.45) is -1.27. The van der Waals surface area contributed by atoms with Crippen LogP contribution in [0.15, 0.2) is 55.1 Å². The number of halogens is 4. The quantitative estimate of drug-likeness (QED) is 0.693. The second-order valence-corrected chi connectivity index (χ2v) is 6.30. The largest absolute Gasteiger partial charge is 0.416 e. The minimum atomic E-state index is -4.40. The van der Waals surface area contributed by atoms with Gasteiger partial charge in [0.2, 0.25) is 0 Å². The zero-order valence-electron chi connectivity index (χ0n) is 13.7. The van der Waals surface area contributed by atoms with Crippen LogP contribution in [0.25, 0.3) is 0 Å². The van der Waals surface area contributed by atoms with E-state index in [0.717, 1.165) is 23.3 Å². The molecule has 0 spiro atoms. The first kappa shape index (κ1) is 18.4. The summed E-state index contributed by atoms with van der Waals surface area (Å²) >= 11 is 5.79. The van der Waals surface area contributed by atoms with Crippen LogP contribution in [0.4, 0.5) is 13.2 Å². The van der Waals surface area contributed by atoms with Crippen molar-refractivity contribution in [2.24, 2.45) is 0 Å². The highest BCUT2D eigenvalue weighted by molar-refractivity contribution is 6.30. The standard InChI is InChI=1S/C18H16ClF3N4/c19-17-6-15(5-16(7-17)18(20,21)22)9-23-8-13-1-3-14(4-2-13)10-26-12-24-11-25-26/h1-7,11-12,23H,8-10H2. The molecule has 0 fully saturated rings. The highest BCUT2D eigenvalue weighted by atomic mass is 35.5. The molecule has 0 aliphatic rings. The first-order valence-electron chi connectivity index (χ1n) is 7.88. The van der Waals surface area contributed by atoms with E-state index in [2.05, 4.69) is 15.4 Å².